The predicted octanol–water partition coefficient (Wildman–Crippen LogP) is 5.44. The Morgan fingerprint density at radius 3 is 2.27 bits per heavy atom. The van der Waals surface area contributed by atoms with Crippen molar-refractivity contribution in [2.24, 2.45) is 0 Å². The lowest BCUT2D eigenvalue weighted by Gasteiger charge is -2.11. The van der Waals surface area contributed by atoms with E-state index in [-0.39, 0.29) is 5.78 Å². The molecule has 26 heavy (non-hydrogen) atoms. The number of halogens is 1. The quantitative estimate of drug-likeness (QED) is 0.589. The summed E-state index contributed by atoms with van der Waals surface area (Å²) in [5.74, 6) is 1.18. The zero-order chi connectivity index (χ0) is 18.7. The van der Waals surface area contributed by atoms with Gasteiger partial charge in [0.05, 0.1) is 0 Å². The number of carbonyl (C=O) groups is 1. The number of aryl methyl sites for hydroxylation is 2. The van der Waals surface area contributed by atoms with Crippen molar-refractivity contribution in [2.75, 3.05) is 10.6 Å². The van der Waals surface area contributed by atoms with Gasteiger partial charge in [-0.2, -0.15) is 4.98 Å². The van der Waals surface area contributed by atoms with Crippen molar-refractivity contribution >= 4 is 40.5 Å². The lowest BCUT2D eigenvalue weighted by Crippen LogP contribution is -2.02. The number of nitrogens with zero attached hydrogens (tertiary/aromatic N) is 2. The molecule has 2 N–H and O–H groups in total. The lowest BCUT2D eigenvalue weighted by atomic mass is 10.1. The SMILES string of the molecule is CC(=O)c1ccc(Nc2cc(C)nc(Nc3ccc(C)c(Cl)c3)n2)cc1. The van der Waals surface area contributed by atoms with Gasteiger partial charge in [-0.15, -0.1) is 0 Å². The Hall–Kier alpha value is -2.92. The predicted molar refractivity (Wildman–Crippen MR) is 106 cm³/mol. The summed E-state index contributed by atoms with van der Waals surface area (Å²) in [4.78, 5) is 20.3. The molecule has 0 aliphatic heterocycles. The minimum absolute atomic E-state index is 0.0395. The first-order valence-corrected chi connectivity index (χ1v) is 8.55. The number of ketones is 1. The van der Waals surface area contributed by atoms with Crippen LogP contribution in [-0.2, 0) is 0 Å². The molecule has 3 rings (SSSR count). The van der Waals surface area contributed by atoms with E-state index in [1.165, 1.54) is 0 Å². The van der Waals surface area contributed by atoms with Crippen LogP contribution in [-0.4, -0.2) is 15.8 Å². The van der Waals surface area contributed by atoms with E-state index in [1.54, 1.807) is 19.1 Å². The molecule has 5 nitrogen and oxygen atoms in total. The van der Waals surface area contributed by atoms with Gasteiger partial charge in [0, 0.05) is 33.7 Å². The van der Waals surface area contributed by atoms with Crippen molar-refractivity contribution in [3.63, 3.8) is 0 Å². The first-order valence-electron chi connectivity index (χ1n) is 8.17. The van der Waals surface area contributed by atoms with Gasteiger partial charge in [-0.3, -0.25) is 4.79 Å². The number of hydrogen-bond donors (Lipinski definition) is 2. The van der Waals surface area contributed by atoms with Crippen LogP contribution in [0.25, 0.3) is 0 Å². The number of Topliss-reactive ketones (excluding diaryl/α,β-unsaturated/α-hetero) is 1. The fourth-order valence-electron chi connectivity index (χ4n) is 2.42. The van der Waals surface area contributed by atoms with Crippen molar-refractivity contribution in [3.8, 4) is 0 Å². The maximum absolute atomic E-state index is 11.4. The van der Waals surface area contributed by atoms with Crippen LogP contribution < -0.4 is 10.6 Å². The number of anilines is 4. The van der Waals surface area contributed by atoms with Crippen LogP contribution in [0.4, 0.5) is 23.1 Å². The molecule has 0 saturated heterocycles. The Morgan fingerprint density at radius 2 is 1.62 bits per heavy atom. The van der Waals surface area contributed by atoms with Gasteiger partial charge in [-0.25, -0.2) is 4.98 Å². The van der Waals surface area contributed by atoms with Crippen LogP contribution in [0.1, 0.15) is 28.5 Å². The second-order valence-corrected chi connectivity index (χ2v) is 6.47. The fourth-order valence-corrected chi connectivity index (χ4v) is 2.60. The van der Waals surface area contributed by atoms with E-state index in [1.807, 2.05) is 50.2 Å². The molecule has 0 bridgehead atoms. The highest BCUT2D eigenvalue weighted by atomic mass is 35.5. The highest BCUT2D eigenvalue weighted by Gasteiger charge is 2.06. The Morgan fingerprint density at radius 1 is 0.923 bits per heavy atom. The van der Waals surface area contributed by atoms with Gasteiger partial charge in [-0.05, 0) is 62.7 Å². The molecule has 0 saturated carbocycles. The van der Waals surface area contributed by atoms with Crippen molar-refractivity contribution < 1.29 is 4.79 Å². The molecule has 0 spiro atoms. The van der Waals surface area contributed by atoms with Gasteiger partial charge in [-0.1, -0.05) is 17.7 Å². The molecular weight excluding hydrogens is 348 g/mol. The molecule has 6 heteroatoms. The summed E-state index contributed by atoms with van der Waals surface area (Å²) in [6, 6.07) is 14.8. The van der Waals surface area contributed by atoms with E-state index in [0.29, 0.717) is 22.4 Å². The van der Waals surface area contributed by atoms with Crippen molar-refractivity contribution in [1.29, 1.82) is 0 Å². The molecule has 3 aromatic rings. The summed E-state index contributed by atoms with van der Waals surface area (Å²) in [6.45, 7) is 5.40. The zero-order valence-corrected chi connectivity index (χ0v) is 15.6. The molecule has 0 unspecified atom stereocenters. The molecule has 0 fully saturated rings. The smallest absolute Gasteiger partial charge is 0.229 e. The van der Waals surface area contributed by atoms with E-state index in [2.05, 4.69) is 20.6 Å². The van der Waals surface area contributed by atoms with E-state index < -0.39 is 0 Å². The third kappa shape index (κ3) is 4.37. The Labute approximate surface area is 157 Å². The molecule has 0 atom stereocenters. The molecule has 0 aliphatic rings. The molecular formula is C20H19ClN4O. The van der Waals surface area contributed by atoms with Gasteiger partial charge < -0.3 is 10.6 Å². The molecule has 1 heterocycles. The lowest BCUT2D eigenvalue weighted by molar-refractivity contribution is 0.101. The summed E-state index contributed by atoms with van der Waals surface area (Å²) in [5, 5.41) is 7.09. The van der Waals surface area contributed by atoms with Crippen LogP contribution in [0, 0.1) is 13.8 Å². The van der Waals surface area contributed by atoms with Crippen LogP contribution >= 0.6 is 11.6 Å². The van der Waals surface area contributed by atoms with Crippen molar-refractivity contribution in [1.82, 2.24) is 9.97 Å². The average Bonchev–Trinajstić information content (AvgIpc) is 2.58. The van der Waals surface area contributed by atoms with Crippen LogP contribution in [0.3, 0.4) is 0 Å². The molecule has 1 aromatic heterocycles. The monoisotopic (exact) mass is 366 g/mol. The number of hydrogen-bond acceptors (Lipinski definition) is 5. The summed E-state index contributed by atoms with van der Waals surface area (Å²) in [7, 11) is 0. The molecule has 2 aromatic carbocycles. The fraction of sp³-hybridized carbons (Fsp3) is 0.150. The van der Waals surface area contributed by atoms with Gasteiger partial charge >= 0.3 is 0 Å². The van der Waals surface area contributed by atoms with Gasteiger partial charge in [0.1, 0.15) is 5.82 Å². The van der Waals surface area contributed by atoms with E-state index in [0.717, 1.165) is 22.6 Å². The largest absolute Gasteiger partial charge is 0.340 e. The summed E-state index contributed by atoms with van der Waals surface area (Å²) in [5.41, 5.74) is 4.18. The maximum atomic E-state index is 11.4. The molecule has 0 amide bonds. The number of benzene rings is 2. The van der Waals surface area contributed by atoms with Crippen molar-refractivity contribution in [2.45, 2.75) is 20.8 Å². The standard InChI is InChI=1S/C20H19ClN4O/c1-12-4-7-17(11-18(12)21)24-20-22-13(2)10-19(25-20)23-16-8-5-15(6-9-16)14(3)26/h4-11H,1-3H3,(H2,22,23,24,25). The van der Waals surface area contributed by atoms with Crippen LogP contribution in [0.15, 0.2) is 48.5 Å². The summed E-state index contributed by atoms with van der Waals surface area (Å²) in [6.07, 6.45) is 0. The number of carbonyl (C=O) groups excluding carboxylic acids is 1. The molecule has 132 valence electrons. The number of rotatable bonds is 5. The second kappa shape index (κ2) is 7.54. The summed E-state index contributed by atoms with van der Waals surface area (Å²) < 4.78 is 0. The second-order valence-electron chi connectivity index (χ2n) is 6.07. The highest BCUT2D eigenvalue weighted by molar-refractivity contribution is 6.31. The van der Waals surface area contributed by atoms with Gasteiger partial charge in [0.2, 0.25) is 5.95 Å². The van der Waals surface area contributed by atoms with Gasteiger partial charge in [0.25, 0.3) is 0 Å². The first kappa shape index (κ1) is 17.9. The minimum atomic E-state index is 0.0395. The number of aromatic nitrogens is 2. The Bertz CT molecular complexity index is 955. The average molecular weight is 367 g/mol. The maximum Gasteiger partial charge on any atom is 0.229 e. The minimum Gasteiger partial charge on any atom is -0.340 e. The van der Waals surface area contributed by atoms with Crippen LogP contribution in [0.2, 0.25) is 5.02 Å². The number of nitrogens with one attached hydrogen (secondary N) is 2. The third-order valence-electron chi connectivity index (χ3n) is 3.85. The normalized spacial score (nSPS) is 10.5. The van der Waals surface area contributed by atoms with E-state index in [4.69, 9.17) is 11.6 Å². The van der Waals surface area contributed by atoms with E-state index in [9.17, 15) is 4.79 Å². The van der Waals surface area contributed by atoms with Crippen LogP contribution in [0.5, 0.6) is 0 Å². The summed E-state index contributed by atoms with van der Waals surface area (Å²) >= 11 is 6.17. The Balaban J connectivity index is 1.80. The Kier molecular flexibility index (Phi) is 5.19. The van der Waals surface area contributed by atoms with Crippen molar-refractivity contribution in [3.05, 3.63) is 70.4 Å². The molecule has 0 radical (unpaired) electrons. The molecule has 0 aliphatic carbocycles. The first-order chi connectivity index (χ1) is 12.4. The highest BCUT2D eigenvalue weighted by Crippen LogP contribution is 2.23. The van der Waals surface area contributed by atoms with E-state index >= 15 is 0 Å². The topological polar surface area (TPSA) is 66.9 Å². The van der Waals surface area contributed by atoms with Gasteiger partial charge in [0.15, 0.2) is 5.78 Å². The third-order valence-corrected chi connectivity index (χ3v) is 4.25. The zero-order valence-electron chi connectivity index (χ0n) is 14.8.